The summed E-state index contributed by atoms with van der Waals surface area (Å²) < 4.78 is 6.00. The van der Waals surface area contributed by atoms with Gasteiger partial charge in [0.2, 0.25) is 0 Å². The molecule has 0 bridgehead atoms. The molecule has 1 rings (SSSR count). The van der Waals surface area contributed by atoms with Crippen molar-refractivity contribution in [2.45, 2.75) is 26.4 Å². The zero-order valence-electron chi connectivity index (χ0n) is 9.29. The van der Waals surface area contributed by atoms with Crippen molar-refractivity contribution in [1.29, 1.82) is 0 Å². The number of esters is 1. The Labute approximate surface area is 104 Å². The highest BCUT2D eigenvalue weighted by molar-refractivity contribution is 9.10. The van der Waals surface area contributed by atoms with Gasteiger partial charge in [-0.2, -0.15) is 0 Å². The Kier molecular flexibility index (Phi) is 5.07. The topological polar surface area (TPSA) is 26.3 Å². The molecule has 0 amide bonds. The van der Waals surface area contributed by atoms with Crippen molar-refractivity contribution in [2.24, 2.45) is 0 Å². The first kappa shape index (κ1) is 12.8. The fourth-order valence-electron chi connectivity index (χ4n) is 1.20. The van der Waals surface area contributed by atoms with Crippen LogP contribution in [0.15, 0.2) is 28.7 Å². The van der Waals surface area contributed by atoms with Gasteiger partial charge in [-0.25, -0.2) is 4.79 Å². The molecule has 0 aromatic heterocycles. The van der Waals surface area contributed by atoms with Gasteiger partial charge in [0, 0.05) is 4.47 Å². The summed E-state index contributed by atoms with van der Waals surface area (Å²) in [6.45, 7) is 3.66. The van der Waals surface area contributed by atoms with Crippen LogP contribution in [0, 0.1) is 11.8 Å². The molecule has 1 atom stereocenters. The molecule has 2 nitrogen and oxygen atoms in total. The molecule has 0 aliphatic rings. The molecule has 0 heterocycles. The molecule has 0 aliphatic heterocycles. The van der Waals surface area contributed by atoms with Crippen molar-refractivity contribution < 1.29 is 9.53 Å². The molecule has 0 radical (unpaired) electrons. The molecule has 16 heavy (non-hydrogen) atoms. The summed E-state index contributed by atoms with van der Waals surface area (Å²) in [6.07, 6.45) is 0.362. The first-order chi connectivity index (χ1) is 7.69. The van der Waals surface area contributed by atoms with Gasteiger partial charge in [-0.1, -0.05) is 25.0 Å². The predicted octanol–water partition coefficient (Wildman–Crippen LogP) is 3.41. The number of ether oxygens (including phenoxy) is 1. The van der Waals surface area contributed by atoms with Gasteiger partial charge < -0.3 is 4.74 Å². The van der Waals surface area contributed by atoms with Crippen LogP contribution in [0.1, 0.15) is 30.6 Å². The van der Waals surface area contributed by atoms with E-state index in [1.807, 2.05) is 19.1 Å². The van der Waals surface area contributed by atoms with Crippen molar-refractivity contribution in [3.63, 3.8) is 0 Å². The van der Waals surface area contributed by atoms with Gasteiger partial charge >= 0.3 is 5.97 Å². The number of carbonyl (C=O) groups is 1. The maximum Gasteiger partial charge on any atom is 0.340 e. The molecule has 1 unspecified atom stereocenters. The second-order valence-electron chi connectivity index (χ2n) is 3.18. The average molecular weight is 281 g/mol. The minimum atomic E-state index is -0.345. The fraction of sp³-hybridized carbons (Fsp3) is 0.308. The van der Waals surface area contributed by atoms with E-state index in [-0.39, 0.29) is 12.1 Å². The monoisotopic (exact) mass is 280 g/mol. The van der Waals surface area contributed by atoms with Gasteiger partial charge in [-0.15, -0.1) is 5.92 Å². The van der Waals surface area contributed by atoms with Crippen molar-refractivity contribution in [3.05, 3.63) is 34.3 Å². The molecule has 0 fully saturated rings. The highest BCUT2D eigenvalue weighted by Crippen LogP contribution is 2.17. The lowest BCUT2D eigenvalue weighted by Crippen LogP contribution is -2.16. The third-order valence-electron chi connectivity index (χ3n) is 2.02. The summed E-state index contributed by atoms with van der Waals surface area (Å²) in [5, 5.41) is 0. The first-order valence-corrected chi connectivity index (χ1v) is 5.86. The number of rotatable bonds is 3. The minimum absolute atomic E-state index is 0.329. The van der Waals surface area contributed by atoms with E-state index in [0.717, 1.165) is 4.47 Å². The third kappa shape index (κ3) is 3.39. The summed E-state index contributed by atoms with van der Waals surface area (Å²) in [4.78, 5) is 11.8. The Bertz CT molecular complexity index is 429. The lowest BCUT2D eigenvalue weighted by molar-refractivity contribution is 0.0403. The van der Waals surface area contributed by atoms with E-state index in [9.17, 15) is 4.79 Å². The largest absolute Gasteiger partial charge is 0.446 e. The zero-order chi connectivity index (χ0) is 12.0. The van der Waals surface area contributed by atoms with Gasteiger partial charge in [0.25, 0.3) is 0 Å². The summed E-state index contributed by atoms with van der Waals surface area (Å²) in [5.74, 6) is 5.25. The Morgan fingerprint density at radius 1 is 1.50 bits per heavy atom. The van der Waals surface area contributed by atoms with E-state index in [0.29, 0.717) is 12.0 Å². The normalized spacial score (nSPS) is 11.2. The van der Waals surface area contributed by atoms with E-state index in [1.54, 1.807) is 19.1 Å². The molecule has 0 spiro atoms. The second kappa shape index (κ2) is 6.34. The highest BCUT2D eigenvalue weighted by atomic mass is 79.9. The van der Waals surface area contributed by atoms with Crippen LogP contribution < -0.4 is 0 Å². The number of carbonyl (C=O) groups excluding carboxylic acids is 1. The van der Waals surface area contributed by atoms with Gasteiger partial charge in [0.05, 0.1) is 5.56 Å². The molecule has 1 aromatic carbocycles. The molecular weight excluding hydrogens is 268 g/mol. The molecule has 0 aliphatic carbocycles. The van der Waals surface area contributed by atoms with Gasteiger partial charge in [-0.05, 0) is 41.4 Å². The fourth-order valence-corrected chi connectivity index (χ4v) is 1.64. The van der Waals surface area contributed by atoms with Gasteiger partial charge in [0.1, 0.15) is 0 Å². The molecule has 84 valence electrons. The SMILES string of the molecule is CC#CC(CC)OC(=O)c1ccccc1Br. The average Bonchev–Trinajstić information content (AvgIpc) is 2.28. The highest BCUT2D eigenvalue weighted by Gasteiger charge is 2.14. The van der Waals surface area contributed by atoms with Crippen LogP contribution in [-0.2, 0) is 4.74 Å². The summed E-state index contributed by atoms with van der Waals surface area (Å²) >= 11 is 3.31. The molecule has 3 heteroatoms. The number of hydrogen-bond donors (Lipinski definition) is 0. The van der Waals surface area contributed by atoms with Crippen LogP contribution in [0.2, 0.25) is 0 Å². The van der Waals surface area contributed by atoms with E-state index >= 15 is 0 Å². The maximum absolute atomic E-state index is 11.8. The molecule has 0 N–H and O–H groups in total. The smallest absolute Gasteiger partial charge is 0.340 e. The Morgan fingerprint density at radius 2 is 2.19 bits per heavy atom. The Hall–Kier alpha value is -1.27. The standard InChI is InChI=1S/C13H13BrO2/c1-3-7-10(4-2)16-13(15)11-8-5-6-9-12(11)14/h5-6,8-10H,4H2,1-2H3. The zero-order valence-corrected chi connectivity index (χ0v) is 10.9. The quantitative estimate of drug-likeness (QED) is 0.627. The van der Waals surface area contributed by atoms with Crippen molar-refractivity contribution in [1.82, 2.24) is 0 Å². The third-order valence-corrected chi connectivity index (χ3v) is 2.71. The Morgan fingerprint density at radius 3 is 2.75 bits per heavy atom. The van der Waals surface area contributed by atoms with E-state index in [1.165, 1.54) is 0 Å². The number of hydrogen-bond acceptors (Lipinski definition) is 2. The second-order valence-corrected chi connectivity index (χ2v) is 4.03. The summed E-state index contributed by atoms with van der Waals surface area (Å²) in [6, 6.07) is 7.18. The maximum atomic E-state index is 11.8. The lowest BCUT2D eigenvalue weighted by atomic mass is 10.2. The Balaban J connectivity index is 2.78. The van der Waals surface area contributed by atoms with Crippen molar-refractivity contribution >= 4 is 21.9 Å². The van der Waals surface area contributed by atoms with Crippen LogP contribution in [0.4, 0.5) is 0 Å². The minimum Gasteiger partial charge on any atom is -0.446 e. The number of benzene rings is 1. The predicted molar refractivity (Wildman–Crippen MR) is 67.1 cm³/mol. The van der Waals surface area contributed by atoms with E-state index < -0.39 is 0 Å². The van der Waals surface area contributed by atoms with Crippen LogP contribution >= 0.6 is 15.9 Å². The van der Waals surface area contributed by atoms with Crippen molar-refractivity contribution in [3.8, 4) is 11.8 Å². The van der Waals surface area contributed by atoms with Crippen molar-refractivity contribution in [2.75, 3.05) is 0 Å². The summed E-state index contributed by atoms with van der Waals surface area (Å²) in [7, 11) is 0. The molecule has 0 saturated carbocycles. The van der Waals surface area contributed by atoms with Crippen LogP contribution in [-0.4, -0.2) is 12.1 Å². The molecule has 1 aromatic rings. The van der Waals surface area contributed by atoms with Gasteiger partial charge in [0.15, 0.2) is 6.10 Å². The van der Waals surface area contributed by atoms with Gasteiger partial charge in [-0.3, -0.25) is 0 Å². The van der Waals surface area contributed by atoms with Crippen LogP contribution in [0.5, 0.6) is 0 Å². The molecular formula is C13H13BrO2. The van der Waals surface area contributed by atoms with Crippen LogP contribution in [0.3, 0.4) is 0 Å². The number of halogens is 1. The first-order valence-electron chi connectivity index (χ1n) is 5.06. The van der Waals surface area contributed by atoms with Crippen LogP contribution in [0.25, 0.3) is 0 Å². The van der Waals surface area contributed by atoms with E-state index in [4.69, 9.17) is 4.74 Å². The summed E-state index contributed by atoms with van der Waals surface area (Å²) in [5.41, 5.74) is 0.527. The van der Waals surface area contributed by atoms with E-state index in [2.05, 4.69) is 27.8 Å². The molecule has 0 saturated heterocycles. The lowest BCUT2D eigenvalue weighted by Gasteiger charge is -2.10.